The Bertz CT molecular complexity index is 1050. The van der Waals surface area contributed by atoms with Crippen molar-refractivity contribution in [3.8, 4) is 0 Å². The first-order valence-electron chi connectivity index (χ1n) is 10.6. The van der Waals surface area contributed by atoms with Crippen molar-refractivity contribution in [1.82, 2.24) is 14.4 Å². The first-order valence-corrected chi connectivity index (χ1v) is 10.6. The minimum atomic E-state index is 0.466. The summed E-state index contributed by atoms with van der Waals surface area (Å²) in [6.07, 6.45) is 10.7. The molecule has 29 heavy (non-hydrogen) atoms. The van der Waals surface area contributed by atoms with E-state index in [1.165, 1.54) is 36.8 Å². The van der Waals surface area contributed by atoms with E-state index >= 15 is 0 Å². The molecule has 0 amide bonds. The Balaban J connectivity index is 1.78. The Hall–Kier alpha value is -2.82. The maximum absolute atomic E-state index is 6.33. The maximum atomic E-state index is 6.33. The molecule has 2 heterocycles. The Kier molecular flexibility index (Phi) is 5.31. The van der Waals surface area contributed by atoms with E-state index in [4.69, 9.17) is 10.7 Å². The number of anilines is 2. The van der Waals surface area contributed by atoms with E-state index < -0.39 is 0 Å². The number of hydrogen-bond donors (Lipinski definition) is 2. The van der Waals surface area contributed by atoms with Crippen LogP contribution in [0.3, 0.4) is 0 Å². The second-order valence-electron chi connectivity index (χ2n) is 8.45. The molecule has 152 valence electrons. The summed E-state index contributed by atoms with van der Waals surface area (Å²) in [6.45, 7) is 8.61. The van der Waals surface area contributed by atoms with Crippen molar-refractivity contribution in [3.05, 3.63) is 59.3 Å². The molecule has 0 aliphatic heterocycles. The zero-order valence-electron chi connectivity index (χ0n) is 17.9. The van der Waals surface area contributed by atoms with Crippen LogP contribution in [0.1, 0.15) is 68.1 Å². The summed E-state index contributed by atoms with van der Waals surface area (Å²) in [6, 6.07) is 6.43. The number of aryl methyl sites for hydroxylation is 2. The minimum Gasteiger partial charge on any atom is -0.382 e. The molecule has 0 spiro atoms. The highest BCUT2D eigenvalue weighted by molar-refractivity contribution is 5.88. The summed E-state index contributed by atoms with van der Waals surface area (Å²) >= 11 is 0. The molecule has 0 unspecified atom stereocenters. The predicted octanol–water partition coefficient (Wildman–Crippen LogP) is 5.69. The van der Waals surface area contributed by atoms with Crippen molar-refractivity contribution in [3.63, 3.8) is 0 Å². The molecule has 0 bridgehead atoms. The summed E-state index contributed by atoms with van der Waals surface area (Å²) in [4.78, 5) is 9.48. The van der Waals surface area contributed by atoms with E-state index in [9.17, 15) is 0 Å². The molecule has 0 radical (unpaired) electrons. The fourth-order valence-corrected chi connectivity index (χ4v) is 4.45. The number of hydrogen-bond acceptors (Lipinski definition) is 4. The standard InChI is InChI=1S/C24H31N5/c1-5-19(27-20-11-8-16(3)14-17(20)4)21-22-23(25)26-12-13-29(22)24(28-21)18-9-6-15(2)7-10-18/h5,8,11-15,18,27H,6-7,9-10H2,1-4H3,(H2,25,26)/b19-5-. The van der Waals surface area contributed by atoms with Gasteiger partial charge in [0.05, 0.1) is 5.70 Å². The van der Waals surface area contributed by atoms with E-state index in [0.717, 1.165) is 34.3 Å². The first kappa shape index (κ1) is 19.5. The molecule has 0 saturated heterocycles. The fourth-order valence-electron chi connectivity index (χ4n) is 4.45. The number of nitrogen functional groups attached to an aromatic ring is 1. The third-order valence-electron chi connectivity index (χ3n) is 6.19. The number of allylic oxidation sites excluding steroid dienone is 1. The van der Waals surface area contributed by atoms with Gasteiger partial charge in [-0.15, -0.1) is 0 Å². The van der Waals surface area contributed by atoms with Crippen LogP contribution in [0.15, 0.2) is 36.7 Å². The highest BCUT2D eigenvalue weighted by Crippen LogP contribution is 2.37. The minimum absolute atomic E-state index is 0.466. The van der Waals surface area contributed by atoms with Crippen molar-refractivity contribution in [2.45, 2.75) is 59.3 Å². The molecule has 3 aromatic rings. The molecule has 1 aliphatic carbocycles. The van der Waals surface area contributed by atoms with Gasteiger partial charge >= 0.3 is 0 Å². The topological polar surface area (TPSA) is 68.2 Å². The molecule has 1 fully saturated rings. The van der Waals surface area contributed by atoms with E-state index in [1.807, 2.05) is 13.1 Å². The Morgan fingerprint density at radius 1 is 1.21 bits per heavy atom. The normalized spacial score (nSPS) is 20.2. The van der Waals surface area contributed by atoms with Gasteiger partial charge in [0.1, 0.15) is 22.9 Å². The highest BCUT2D eigenvalue weighted by atomic mass is 15.1. The number of fused-ring (bicyclic) bond motifs is 1. The number of nitrogens with one attached hydrogen (secondary N) is 1. The zero-order chi connectivity index (χ0) is 20.5. The lowest BCUT2D eigenvalue weighted by molar-refractivity contribution is 0.339. The molecule has 4 rings (SSSR count). The molecule has 2 aromatic heterocycles. The molecule has 5 heteroatoms. The number of nitrogens with two attached hydrogens (primary N) is 1. The van der Waals surface area contributed by atoms with Gasteiger partial charge in [0, 0.05) is 24.0 Å². The Morgan fingerprint density at radius 2 is 1.97 bits per heavy atom. The zero-order valence-corrected chi connectivity index (χ0v) is 17.9. The van der Waals surface area contributed by atoms with Gasteiger partial charge < -0.3 is 11.1 Å². The smallest absolute Gasteiger partial charge is 0.150 e. The molecule has 3 N–H and O–H groups in total. The molecular formula is C24H31N5. The van der Waals surface area contributed by atoms with E-state index in [-0.39, 0.29) is 0 Å². The molecular weight excluding hydrogens is 358 g/mol. The Morgan fingerprint density at radius 3 is 2.66 bits per heavy atom. The van der Waals surface area contributed by atoms with Crippen LogP contribution in [0.5, 0.6) is 0 Å². The lowest BCUT2D eigenvalue weighted by atomic mass is 9.82. The van der Waals surface area contributed by atoms with Crippen LogP contribution < -0.4 is 11.1 Å². The molecule has 1 aromatic carbocycles. The predicted molar refractivity (Wildman–Crippen MR) is 121 cm³/mol. The van der Waals surface area contributed by atoms with Crippen molar-refractivity contribution in [2.75, 3.05) is 11.1 Å². The Labute approximate surface area is 173 Å². The molecule has 1 aliphatic rings. The number of benzene rings is 1. The van der Waals surface area contributed by atoms with E-state index in [2.05, 4.69) is 59.7 Å². The van der Waals surface area contributed by atoms with Crippen LogP contribution in [0.4, 0.5) is 11.5 Å². The van der Waals surface area contributed by atoms with E-state index in [0.29, 0.717) is 11.7 Å². The van der Waals surface area contributed by atoms with Crippen LogP contribution in [0, 0.1) is 19.8 Å². The third kappa shape index (κ3) is 3.74. The largest absolute Gasteiger partial charge is 0.382 e. The van der Waals surface area contributed by atoms with Crippen molar-refractivity contribution < 1.29 is 0 Å². The lowest BCUT2D eigenvalue weighted by Gasteiger charge is -2.25. The van der Waals surface area contributed by atoms with E-state index in [1.54, 1.807) is 6.20 Å². The van der Waals surface area contributed by atoms with Crippen LogP contribution in [0.25, 0.3) is 11.2 Å². The van der Waals surface area contributed by atoms with Gasteiger partial charge in [0.25, 0.3) is 0 Å². The van der Waals surface area contributed by atoms with Gasteiger partial charge in [-0.25, -0.2) is 9.97 Å². The van der Waals surface area contributed by atoms with Gasteiger partial charge in [0.15, 0.2) is 0 Å². The summed E-state index contributed by atoms with van der Waals surface area (Å²) in [7, 11) is 0. The highest BCUT2D eigenvalue weighted by Gasteiger charge is 2.26. The summed E-state index contributed by atoms with van der Waals surface area (Å²) in [5.41, 5.74) is 12.6. The molecule has 1 saturated carbocycles. The molecule has 5 nitrogen and oxygen atoms in total. The first-order chi connectivity index (χ1) is 14.0. The average Bonchev–Trinajstić information content (AvgIpc) is 3.09. The SMILES string of the molecule is C/C=C(\Nc1ccc(C)cc1C)c1nc(C2CCC(C)CC2)n2ccnc(N)c12. The summed E-state index contributed by atoms with van der Waals surface area (Å²) < 4.78 is 2.16. The quantitative estimate of drug-likeness (QED) is 0.601. The number of nitrogens with zero attached hydrogens (tertiary/aromatic N) is 3. The van der Waals surface area contributed by atoms with Crippen molar-refractivity contribution >= 4 is 22.7 Å². The van der Waals surface area contributed by atoms with Crippen LogP contribution >= 0.6 is 0 Å². The lowest BCUT2D eigenvalue weighted by Crippen LogP contribution is -2.13. The van der Waals surface area contributed by atoms with Gasteiger partial charge in [0.2, 0.25) is 0 Å². The second-order valence-corrected chi connectivity index (χ2v) is 8.45. The number of rotatable bonds is 4. The summed E-state index contributed by atoms with van der Waals surface area (Å²) in [5, 5.41) is 3.59. The summed E-state index contributed by atoms with van der Waals surface area (Å²) in [5.74, 6) is 2.90. The third-order valence-corrected chi connectivity index (χ3v) is 6.19. The van der Waals surface area contributed by atoms with Crippen LogP contribution in [0.2, 0.25) is 0 Å². The van der Waals surface area contributed by atoms with Gasteiger partial charge in [-0.2, -0.15) is 0 Å². The number of aromatic nitrogens is 3. The second kappa shape index (κ2) is 7.90. The van der Waals surface area contributed by atoms with Gasteiger partial charge in [-0.05, 0) is 51.2 Å². The fraction of sp³-hybridized carbons (Fsp3) is 0.417. The van der Waals surface area contributed by atoms with Crippen molar-refractivity contribution in [2.24, 2.45) is 5.92 Å². The average molecular weight is 390 g/mol. The monoisotopic (exact) mass is 389 g/mol. The number of imidazole rings is 1. The van der Waals surface area contributed by atoms with Crippen LogP contribution in [-0.2, 0) is 0 Å². The van der Waals surface area contributed by atoms with Gasteiger partial charge in [-0.1, -0.05) is 43.5 Å². The van der Waals surface area contributed by atoms with Crippen molar-refractivity contribution in [1.29, 1.82) is 0 Å². The maximum Gasteiger partial charge on any atom is 0.150 e. The molecule has 0 atom stereocenters. The van der Waals surface area contributed by atoms with Gasteiger partial charge in [-0.3, -0.25) is 4.40 Å². The van der Waals surface area contributed by atoms with Crippen LogP contribution in [-0.4, -0.2) is 14.4 Å².